The molecule has 1 atom stereocenters. The summed E-state index contributed by atoms with van der Waals surface area (Å²) in [6, 6.07) is 12.5. The number of anilines is 1. The van der Waals surface area contributed by atoms with Gasteiger partial charge in [0.1, 0.15) is 5.76 Å². The van der Waals surface area contributed by atoms with Crippen molar-refractivity contribution in [3.63, 3.8) is 0 Å². The van der Waals surface area contributed by atoms with Crippen molar-refractivity contribution in [2.75, 3.05) is 4.90 Å². The van der Waals surface area contributed by atoms with E-state index in [-0.39, 0.29) is 17.7 Å². The number of carbonyl (C=O) groups is 2. The molecule has 4 rings (SSSR count). The summed E-state index contributed by atoms with van der Waals surface area (Å²) in [4.78, 5) is 28.1. The summed E-state index contributed by atoms with van der Waals surface area (Å²) in [6.07, 6.45) is 6.90. The van der Waals surface area contributed by atoms with Gasteiger partial charge in [0.2, 0.25) is 0 Å². The molecule has 1 aliphatic carbocycles. The first-order valence-corrected chi connectivity index (χ1v) is 9.98. The van der Waals surface area contributed by atoms with Gasteiger partial charge in [0.15, 0.2) is 11.8 Å². The minimum absolute atomic E-state index is 0.0896. The van der Waals surface area contributed by atoms with E-state index in [0.717, 1.165) is 25.7 Å². The van der Waals surface area contributed by atoms with E-state index < -0.39 is 11.9 Å². The lowest BCUT2D eigenvalue weighted by Gasteiger charge is -2.30. The first kappa shape index (κ1) is 19.3. The van der Waals surface area contributed by atoms with E-state index in [1.54, 1.807) is 48.5 Å². The third-order valence-electron chi connectivity index (χ3n) is 5.08. The van der Waals surface area contributed by atoms with Crippen LogP contribution in [0.4, 0.5) is 5.69 Å². The summed E-state index contributed by atoms with van der Waals surface area (Å²) in [5, 5.41) is 3.42. The largest absolute Gasteiger partial charge is 0.467 e. The van der Waals surface area contributed by atoms with E-state index in [0.29, 0.717) is 16.5 Å². The van der Waals surface area contributed by atoms with Crippen molar-refractivity contribution < 1.29 is 18.4 Å². The van der Waals surface area contributed by atoms with Gasteiger partial charge in [0.25, 0.3) is 11.8 Å². The van der Waals surface area contributed by atoms with E-state index >= 15 is 0 Å². The van der Waals surface area contributed by atoms with Crippen LogP contribution < -0.4 is 10.2 Å². The van der Waals surface area contributed by atoms with Crippen molar-refractivity contribution in [1.82, 2.24) is 5.32 Å². The highest BCUT2D eigenvalue weighted by Crippen LogP contribution is 2.35. The van der Waals surface area contributed by atoms with Crippen molar-refractivity contribution in [2.45, 2.75) is 37.8 Å². The van der Waals surface area contributed by atoms with Gasteiger partial charge in [0, 0.05) is 6.04 Å². The SMILES string of the molecule is O=C(NC1CCCC1)C(c1ccco1)N(C(=O)c1ccco1)c1ccccc1Cl. The number of hydrogen-bond donors (Lipinski definition) is 1. The van der Waals surface area contributed by atoms with E-state index in [1.807, 2.05) is 0 Å². The highest BCUT2D eigenvalue weighted by molar-refractivity contribution is 6.34. The predicted octanol–water partition coefficient (Wildman–Crippen LogP) is 4.97. The molecule has 150 valence electrons. The van der Waals surface area contributed by atoms with Crippen LogP contribution in [0.3, 0.4) is 0 Å². The molecule has 3 aromatic rings. The van der Waals surface area contributed by atoms with E-state index in [2.05, 4.69) is 5.32 Å². The fourth-order valence-corrected chi connectivity index (χ4v) is 3.93. The quantitative estimate of drug-likeness (QED) is 0.620. The topological polar surface area (TPSA) is 75.7 Å². The lowest BCUT2D eigenvalue weighted by atomic mass is 10.1. The number of rotatable bonds is 6. The maximum atomic E-state index is 13.4. The average molecular weight is 413 g/mol. The van der Waals surface area contributed by atoms with Gasteiger partial charge in [-0.2, -0.15) is 0 Å². The lowest BCUT2D eigenvalue weighted by Crippen LogP contribution is -2.46. The standard InChI is InChI=1S/C22H21ClN2O4/c23-16-9-3-4-10-17(16)25(22(27)19-12-6-14-29-19)20(18-11-5-13-28-18)21(26)24-15-7-1-2-8-15/h3-6,9-15,20H,1-2,7-8H2,(H,24,26). The van der Waals surface area contributed by atoms with Gasteiger partial charge in [0.05, 0.1) is 23.2 Å². The van der Waals surface area contributed by atoms with Gasteiger partial charge < -0.3 is 14.2 Å². The van der Waals surface area contributed by atoms with Crippen molar-refractivity contribution in [3.05, 3.63) is 77.6 Å². The second kappa shape index (κ2) is 8.57. The lowest BCUT2D eigenvalue weighted by molar-refractivity contribution is -0.123. The molecule has 6 nitrogen and oxygen atoms in total. The monoisotopic (exact) mass is 412 g/mol. The Hall–Kier alpha value is -2.99. The molecule has 0 saturated heterocycles. The highest BCUT2D eigenvalue weighted by Gasteiger charge is 2.38. The molecule has 1 fully saturated rings. The number of amides is 2. The van der Waals surface area contributed by atoms with Gasteiger partial charge in [-0.15, -0.1) is 0 Å². The number of nitrogens with one attached hydrogen (secondary N) is 1. The van der Waals surface area contributed by atoms with Crippen LogP contribution in [-0.2, 0) is 4.79 Å². The number of nitrogens with zero attached hydrogens (tertiary/aromatic N) is 1. The van der Waals surface area contributed by atoms with Crippen molar-refractivity contribution in [1.29, 1.82) is 0 Å². The Balaban J connectivity index is 1.78. The molecule has 1 unspecified atom stereocenters. The minimum Gasteiger partial charge on any atom is -0.467 e. The highest BCUT2D eigenvalue weighted by atomic mass is 35.5. The number of para-hydroxylation sites is 1. The summed E-state index contributed by atoms with van der Waals surface area (Å²) >= 11 is 6.42. The van der Waals surface area contributed by atoms with Crippen molar-refractivity contribution in [3.8, 4) is 0 Å². The van der Waals surface area contributed by atoms with Crippen LogP contribution in [0.1, 0.15) is 48.0 Å². The molecule has 2 aromatic heterocycles. The molecule has 0 aliphatic heterocycles. The molecule has 1 N–H and O–H groups in total. The number of hydrogen-bond acceptors (Lipinski definition) is 4. The Morgan fingerprint density at radius 3 is 2.38 bits per heavy atom. The molecule has 1 saturated carbocycles. The molecule has 0 bridgehead atoms. The molecular weight excluding hydrogens is 392 g/mol. The van der Waals surface area contributed by atoms with Gasteiger partial charge in [-0.25, -0.2) is 0 Å². The van der Waals surface area contributed by atoms with Crippen LogP contribution in [0.15, 0.2) is 69.9 Å². The summed E-state index contributed by atoms with van der Waals surface area (Å²) in [6.45, 7) is 0. The second-order valence-electron chi connectivity index (χ2n) is 7.01. The first-order chi connectivity index (χ1) is 14.1. The molecule has 2 amide bonds. The zero-order chi connectivity index (χ0) is 20.2. The summed E-state index contributed by atoms with van der Waals surface area (Å²) in [7, 11) is 0. The summed E-state index contributed by atoms with van der Waals surface area (Å²) in [5.74, 6) is -0.340. The van der Waals surface area contributed by atoms with Crippen LogP contribution in [0, 0.1) is 0 Å². The second-order valence-corrected chi connectivity index (χ2v) is 7.42. The zero-order valence-corrected chi connectivity index (χ0v) is 16.5. The fraction of sp³-hybridized carbons (Fsp3) is 0.273. The molecule has 0 spiro atoms. The van der Waals surface area contributed by atoms with E-state index in [4.69, 9.17) is 20.4 Å². The molecule has 1 aromatic carbocycles. The van der Waals surface area contributed by atoms with Gasteiger partial charge >= 0.3 is 0 Å². The Morgan fingerprint density at radius 1 is 1.00 bits per heavy atom. The molecular formula is C22H21ClN2O4. The summed E-state index contributed by atoms with van der Waals surface area (Å²) < 4.78 is 10.9. The smallest absolute Gasteiger partial charge is 0.295 e. The minimum atomic E-state index is -1.02. The maximum Gasteiger partial charge on any atom is 0.295 e. The predicted molar refractivity (Wildman–Crippen MR) is 109 cm³/mol. The van der Waals surface area contributed by atoms with E-state index in [9.17, 15) is 9.59 Å². The fourth-order valence-electron chi connectivity index (χ4n) is 3.70. The van der Waals surface area contributed by atoms with Crippen LogP contribution in [0.2, 0.25) is 5.02 Å². The Bertz CT molecular complexity index is 963. The molecule has 0 radical (unpaired) electrons. The Labute approximate surface area is 173 Å². The number of halogens is 1. The van der Waals surface area contributed by atoms with Gasteiger partial charge in [-0.3, -0.25) is 14.5 Å². The van der Waals surface area contributed by atoms with Crippen molar-refractivity contribution >= 4 is 29.1 Å². The van der Waals surface area contributed by atoms with Crippen molar-refractivity contribution in [2.24, 2.45) is 0 Å². The van der Waals surface area contributed by atoms with Crippen LogP contribution >= 0.6 is 11.6 Å². The van der Waals surface area contributed by atoms with Crippen LogP contribution in [0.25, 0.3) is 0 Å². The summed E-state index contributed by atoms with van der Waals surface area (Å²) in [5.41, 5.74) is 0.401. The third kappa shape index (κ3) is 4.07. The molecule has 1 aliphatic rings. The van der Waals surface area contributed by atoms with E-state index in [1.165, 1.54) is 17.4 Å². The number of benzene rings is 1. The number of carbonyl (C=O) groups excluding carboxylic acids is 2. The maximum absolute atomic E-state index is 13.4. The first-order valence-electron chi connectivity index (χ1n) is 9.60. The Kier molecular flexibility index (Phi) is 5.71. The normalized spacial score (nSPS) is 15.2. The number of furan rings is 2. The molecule has 29 heavy (non-hydrogen) atoms. The average Bonchev–Trinajstić information content (AvgIpc) is 3.49. The third-order valence-corrected chi connectivity index (χ3v) is 5.40. The Morgan fingerprint density at radius 2 is 1.72 bits per heavy atom. The van der Waals surface area contributed by atoms with Crippen LogP contribution in [0.5, 0.6) is 0 Å². The molecule has 2 heterocycles. The molecule has 7 heteroatoms. The van der Waals surface area contributed by atoms with Gasteiger partial charge in [-0.05, 0) is 49.2 Å². The van der Waals surface area contributed by atoms with Gasteiger partial charge in [-0.1, -0.05) is 36.6 Å². The zero-order valence-electron chi connectivity index (χ0n) is 15.7. The van der Waals surface area contributed by atoms with Crippen LogP contribution in [-0.4, -0.2) is 17.9 Å².